The number of hydrogen-bond donors (Lipinski definition) is 1. The van der Waals surface area contributed by atoms with Crippen molar-refractivity contribution in [1.82, 2.24) is 4.57 Å². The molecule has 3 aromatic rings. The first-order valence-corrected chi connectivity index (χ1v) is 8.28. The highest BCUT2D eigenvalue weighted by Gasteiger charge is 2.32. The van der Waals surface area contributed by atoms with Crippen molar-refractivity contribution >= 4 is 32.5 Å². The number of hydrogen-bond acceptors (Lipinski definition) is 5. The van der Waals surface area contributed by atoms with Gasteiger partial charge in [0.15, 0.2) is 17.3 Å². The highest BCUT2D eigenvalue weighted by molar-refractivity contribution is 7.19. The fraction of sp³-hybridized carbons (Fsp3) is 0.294. The van der Waals surface area contributed by atoms with Crippen LogP contribution in [0.15, 0.2) is 10.9 Å². The number of aromatic nitrogens is 1. The fourth-order valence-corrected chi connectivity index (χ4v) is 4.20. The SMILES string of the molecule is COc1c(F)c(C)cc2c(=O)c3c(O)c(C#N)sc3n(C3CC3)c12. The summed E-state index contributed by atoms with van der Waals surface area (Å²) in [7, 11) is 1.37. The van der Waals surface area contributed by atoms with Gasteiger partial charge < -0.3 is 14.4 Å². The predicted octanol–water partition coefficient (Wildman–Crippen LogP) is 3.58. The van der Waals surface area contributed by atoms with Gasteiger partial charge in [0, 0.05) is 6.04 Å². The van der Waals surface area contributed by atoms with E-state index < -0.39 is 11.2 Å². The minimum absolute atomic E-state index is 0.0299. The summed E-state index contributed by atoms with van der Waals surface area (Å²) in [6.07, 6.45) is 1.79. The van der Waals surface area contributed by atoms with Crippen molar-refractivity contribution in [1.29, 1.82) is 5.26 Å². The molecule has 0 aliphatic heterocycles. The number of rotatable bonds is 2. The third kappa shape index (κ3) is 1.80. The van der Waals surface area contributed by atoms with E-state index in [-0.39, 0.29) is 27.8 Å². The molecule has 0 amide bonds. The van der Waals surface area contributed by atoms with E-state index in [1.54, 1.807) is 6.92 Å². The number of thiophene rings is 1. The monoisotopic (exact) mass is 344 g/mol. The molecule has 1 aromatic carbocycles. The van der Waals surface area contributed by atoms with Gasteiger partial charge in [-0.25, -0.2) is 4.39 Å². The van der Waals surface area contributed by atoms with Crippen LogP contribution in [-0.4, -0.2) is 16.8 Å². The Hall–Kier alpha value is -2.59. The molecule has 0 spiro atoms. The summed E-state index contributed by atoms with van der Waals surface area (Å²) in [5.74, 6) is -0.763. The highest BCUT2D eigenvalue weighted by atomic mass is 32.1. The minimum atomic E-state index is -0.501. The van der Waals surface area contributed by atoms with E-state index in [1.807, 2.05) is 10.6 Å². The van der Waals surface area contributed by atoms with Crippen LogP contribution in [0.25, 0.3) is 21.1 Å². The zero-order valence-corrected chi connectivity index (χ0v) is 13.8. The van der Waals surface area contributed by atoms with Gasteiger partial charge in [-0.05, 0) is 31.4 Å². The Morgan fingerprint density at radius 1 is 1.50 bits per heavy atom. The summed E-state index contributed by atoms with van der Waals surface area (Å²) in [6.45, 7) is 1.57. The molecule has 0 radical (unpaired) electrons. The number of fused-ring (bicyclic) bond motifs is 2. The van der Waals surface area contributed by atoms with Gasteiger partial charge in [-0.2, -0.15) is 5.26 Å². The van der Waals surface area contributed by atoms with Crippen LogP contribution in [-0.2, 0) is 0 Å². The van der Waals surface area contributed by atoms with Crippen molar-refractivity contribution in [2.45, 2.75) is 25.8 Å². The third-order valence-electron chi connectivity index (χ3n) is 4.39. The number of nitriles is 1. The second kappa shape index (κ2) is 4.95. The maximum Gasteiger partial charge on any atom is 0.202 e. The van der Waals surface area contributed by atoms with Crippen LogP contribution in [0.3, 0.4) is 0 Å². The first-order chi connectivity index (χ1) is 11.5. The quantitative estimate of drug-likeness (QED) is 0.771. The van der Waals surface area contributed by atoms with Crippen molar-refractivity contribution in [3.63, 3.8) is 0 Å². The van der Waals surface area contributed by atoms with E-state index in [0.717, 1.165) is 24.2 Å². The Labute approximate surface area is 140 Å². The molecule has 0 saturated heterocycles. The van der Waals surface area contributed by atoms with E-state index in [9.17, 15) is 19.6 Å². The van der Waals surface area contributed by atoms with E-state index >= 15 is 0 Å². The Kier molecular flexibility index (Phi) is 3.09. The molecule has 0 bridgehead atoms. The molecule has 0 atom stereocenters. The molecule has 2 aromatic heterocycles. The van der Waals surface area contributed by atoms with Crippen molar-refractivity contribution in [3.8, 4) is 17.6 Å². The average Bonchev–Trinajstić information content (AvgIpc) is 3.34. The molecule has 2 heterocycles. The van der Waals surface area contributed by atoms with Gasteiger partial charge in [0.05, 0.1) is 18.0 Å². The van der Waals surface area contributed by atoms with E-state index in [4.69, 9.17) is 4.74 Å². The van der Waals surface area contributed by atoms with Crippen LogP contribution in [0.5, 0.6) is 11.5 Å². The number of methoxy groups -OCH3 is 1. The summed E-state index contributed by atoms with van der Waals surface area (Å²) < 4.78 is 21.7. The molecular formula is C17H13FN2O3S. The van der Waals surface area contributed by atoms with E-state index in [0.29, 0.717) is 21.3 Å². The van der Waals surface area contributed by atoms with Gasteiger partial charge in [-0.15, -0.1) is 11.3 Å². The zero-order valence-electron chi connectivity index (χ0n) is 13.0. The van der Waals surface area contributed by atoms with Gasteiger partial charge in [-0.3, -0.25) is 4.79 Å². The summed E-state index contributed by atoms with van der Waals surface area (Å²) in [5.41, 5.74) is 0.285. The molecule has 1 aliphatic carbocycles. The van der Waals surface area contributed by atoms with Crippen molar-refractivity contribution in [2.75, 3.05) is 7.11 Å². The van der Waals surface area contributed by atoms with Gasteiger partial charge in [0.25, 0.3) is 0 Å². The van der Waals surface area contributed by atoms with E-state index in [2.05, 4.69) is 0 Å². The lowest BCUT2D eigenvalue weighted by molar-refractivity contribution is 0.388. The molecule has 1 fully saturated rings. The molecular weight excluding hydrogens is 331 g/mol. The summed E-state index contributed by atoms with van der Waals surface area (Å²) in [6, 6.07) is 3.51. The average molecular weight is 344 g/mol. The number of halogens is 1. The Morgan fingerprint density at radius 3 is 2.79 bits per heavy atom. The largest absolute Gasteiger partial charge is 0.505 e. The molecule has 7 heteroatoms. The fourth-order valence-electron chi connectivity index (χ4n) is 3.13. The number of nitrogens with zero attached hydrogens (tertiary/aromatic N) is 2. The van der Waals surface area contributed by atoms with Gasteiger partial charge in [0.2, 0.25) is 5.43 Å². The summed E-state index contributed by atoms with van der Waals surface area (Å²) in [4.78, 5) is 13.5. The standard InChI is InChI=1S/C17H13FN2O3S/c1-7-5-9-13(16(23-2)12(7)18)20(8-3-4-8)17-11(14(9)21)15(22)10(6-19)24-17/h5,8,22H,3-4H2,1-2H3. The number of ether oxygens (including phenoxy) is 1. The number of aromatic hydroxyl groups is 1. The smallest absolute Gasteiger partial charge is 0.202 e. The molecule has 4 rings (SSSR count). The molecule has 5 nitrogen and oxygen atoms in total. The lowest BCUT2D eigenvalue weighted by atomic mass is 10.1. The molecule has 0 unspecified atom stereocenters. The second-order valence-electron chi connectivity index (χ2n) is 5.94. The zero-order chi connectivity index (χ0) is 17.2. The maximum absolute atomic E-state index is 14.5. The number of aryl methyl sites for hydroxylation is 1. The highest BCUT2D eigenvalue weighted by Crippen LogP contribution is 2.46. The first kappa shape index (κ1) is 15.0. The minimum Gasteiger partial charge on any atom is -0.505 e. The van der Waals surface area contributed by atoms with Crippen LogP contribution >= 0.6 is 11.3 Å². The van der Waals surface area contributed by atoms with Gasteiger partial charge in [-0.1, -0.05) is 0 Å². The van der Waals surface area contributed by atoms with Crippen LogP contribution in [0.4, 0.5) is 4.39 Å². The third-order valence-corrected chi connectivity index (χ3v) is 5.47. The van der Waals surface area contributed by atoms with Crippen LogP contribution < -0.4 is 10.2 Å². The molecule has 1 N–H and O–H groups in total. The van der Waals surface area contributed by atoms with Crippen molar-refractivity contribution < 1.29 is 14.2 Å². The second-order valence-corrected chi connectivity index (χ2v) is 6.94. The Bertz CT molecular complexity index is 1120. The lowest BCUT2D eigenvalue weighted by Crippen LogP contribution is -2.11. The molecule has 1 aliphatic rings. The van der Waals surface area contributed by atoms with Gasteiger partial charge in [0.1, 0.15) is 21.2 Å². The molecule has 122 valence electrons. The van der Waals surface area contributed by atoms with Crippen LogP contribution in [0, 0.1) is 24.1 Å². The van der Waals surface area contributed by atoms with Crippen molar-refractivity contribution in [3.05, 3.63) is 32.5 Å². The summed E-state index contributed by atoms with van der Waals surface area (Å²) >= 11 is 1.05. The lowest BCUT2D eigenvalue weighted by Gasteiger charge is -2.16. The van der Waals surface area contributed by atoms with Crippen LogP contribution in [0.2, 0.25) is 0 Å². The van der Waals surface area contributed by atoms with Crippen molar-refractivity contribution in [2.24, 2.45) is 0 Å². The Balaban J connectivity index is 2.35. The van der Waals surface area contributed by atoms with E-state index in [1.165, 1.54) is 13.2 Å². The van der Waals surface area contributed by atoms with Crippen LogP contribution in [0.1, 0.15) is 29.3 Å². The number of benzene rings is 1. The summed E-state index contributed by atoms with van der Waals surface area (Å²) in [5, 5.41) is 19.9. The molecule has 24 heavy (non-hydrogen) atoms. The maximum atomic E-state index is 14.5. The normalized spacial score (nSPS) is 14.2. The topological polar surface area (TPSA) is 75.2 Å². The molecule has 1 saturated carbocycles. The Morgan fingerprint density at radius 2 is 2.21 bits per heavy atom. The first-order valence-electron chi connectivity index (χ1n) is 7.46. The predicted molar refractivity (Wildman–Crippen MR) is 89.5 cm³/mol. The van der Waals surface area contributed by atoms with Gasteiger partial charge >= 0.3 is 0 Å². The number of pyridine rings is 1.